The molecule has 0 aromatic heterocycles. The van der Waals surface area contributed by atoms with Gasteiger partial charge < -0.3 is 24.8 Å². The quantitative estimate of drug-likeness (QED) is 0.726. The molecule has 8 heteroatoms. The number of morpholine rings is 1. The van der Waals surface area contributed by atoms with Crippen LogP contribution in [0.15, 0.2) is 48.5 Å². The number of aliphatic carboxylic acids is 1. The average molecular weight is 450 g/mol. The van der Waals surface area contributed by atoms with E-state index in [1.165, 1.54) is 11.8 Å². The summed E-state index contributed by atoms with van der Waals surface area (Å²) in [6, 6.07) is 16.2. The van der Waals surface area contributed by atoms with Crippen LogP contribution in [0.5, 0.6) is 0 Å². The van der Waals surface area contributed by atoms with Gasteiger partial charge >= 0.3 is 12.1 Å². The number of hydrogen-bond donors (Lipinski definition) is 2. The van der Waals surface area contributed by atoms with Crippen molar-refractivity contribution >= 4 is 18.0 Å². The number of carboxylic acid groups (broad SMARTS) is 1. The molecule has 1 saturated carbocycles. The van der Waals surface area contributed by atoms with E-state index in [1.54, 1.807) is 0 Å². The molecule has 0 radical (unpaired) electrons. The predicted octanol–water partition coefficient (Wildman–Crippen LogP) is 2.76. The molecular formula is C25H26N2O6. The van der Waals surface area contributed by atoms with E-state index in [2.05, 4.69) is 17.4 Å². The summed E-state index contributed by atoms with van der Waals surface area (Å²) in [6.45, 7) is 1.98. The van der Waals surface area contributed by atoms with E-state index in [0.717, 1.165) is 22.3 Å². The van der Waals surface area contributed by atoms with Crippen LogP contribution in [0.25, 0.3) is 11.1 Å². The number of fused-ring (bicyclic) bond motifs is 3. The number of hydrogen-bond acceptors (Lipinski definition) is 5. The van der Waals surface area contributed by atoms with E-state index in [4.69, 9.17) is 9.47 Å². The Labute approximate surface area is 191 Å². The number of nitrogens with one attached hydrogen (secondary N) is 1. The second-order valence-electron chi connectivity index (χ2n) is 9.14. The third-order valence-electron chi connectivity index (χ3n) is 6.86. The normalized spacial score (nSPS) is 22.8. The summed E-state index contributed by atoms with van der Waals surface area (Å²) in [5.74, 6) is -1.47. The van der Waals surface area contributed by atoms with Gasteiger partial charge in [0, 0.05) is 12.5 Å². The molecule has 33 heavy (non-hydrogen) atoms. The monoisotopic (exact) mass is 450 g/mol. The van der Waals surface area contributed by atoms with E-state index in [9.17, 15) is 19.5 Å². The Balaban J connectivity index is 1.24. The van der Waals surface area contributed by atoms with Gasteiger partial charge in [-0.3, -0.25) is 4.79 Å². The van der Waals surface area contributed by atoms with Crippen molar-refractivity contribution in [3.63, 3.8) is 0 Å². The van der Waals surface area contributed by atoms with Crippen LogP contribution < -0.4 is 5.32 Å². The standard InChI is InChI=1S/C25H26N2O6/c1-24(22(29)30)15-27(12-13-33-24)21(28)25(10-11-25)26-23(31)32-14-20-18-8-4-2-6-16(18)17-7-3-5-9-19(17)20/h2-9,20H,10-15H2,1H3,(H,26,31)(H,29,30). The van der Waals surface area contributed by atoms with Gasteiger partial charge in [-0.1, -0.05) is 48.5 Å². The molecule has 0 bridgehead atoms. The van der Waals surface area contributed by atoms with E-state index < -0.39 is 23.2 Å². The number of carbonyl (C=O) groups excluding carboxylic acids is 2. The zero-order chi connectivity index (χ0) is 23.2. The summed E-state index contributed by atoms with van der Waals surface area (Å²) in [5.41, 5.74) is 2.04. The molecule has 172 valence electrons. The highest BCUT2D eigenvalue weighted by molar-refractivity contribution is 5.93. The minimum absolute atomic E-state index is 0.0602. The molecule has 2 fully saturated rings. The van der Waals surface area contributed by atoms with Gasteiger partial charge in [0.15, 0.2) is 5.60 Å². The Kier molecular flexibility index (Phi) is 5.12. The SMILES string of the molecule is CC1(C(=O)O)CN(C(=O)C2(NC(=O)OCC3c4ccccc4-c4ccccc43)CC2)CCO1. The van der Waals surface area contributed by atoms with Crippen LogP contribution in [0.3, 0.4) is 0 Å². The van der Waals surface area contributed by atoms with Crippen molar-refractivity contribution in [2.75, 3.05) is 26.3 Å². The molecule has 2 aromatic carbocycles. The molecular weight excluding hydrogens is 424 g/mol. The lowest BCUT2D eigenvalue weighted by Crippen LogP contribution is -2.60. The third-order valence-corrected chi connectivity index (χ3v) is 6.86. The first-order valence-electron chi connectivity index (χ1n) is 11.1. The van der Waals surface area contributed by atoms with Crippen LogP contribution in [0.4, 0.5) is 4.79 Å². The number of nitrogens with zero attached hydrogens (tertiary/aromatic N) is 1. The lowest BCUT2D eigenvalue weighted by Gasteiger charge is -2.39. The van der Waals surface area contributed by atoms with Gasteiger partial charge in [-0.15, -0.1) is 0 Å². The summed E-state index contributed by atoms with van der Waals surface area (Å²) in [4.78, 5) is 38.8. The molecule has 0 spiro atoms. The zero-order valence-electron chi connectivity index (χ0n) is 18.4. The van der Waals surface area contributed by atoms with Gasteiger partial charge in [-0.2, -0.15) is 0 Å². The molecule has 1 unspecified atom stereocenters. The lowest BCUT2D eigenvalue weighted by molar-refractivity contribution is -0.177. The van der Waals surface area contributed by atoms with Crippen molar-refractivity contribution in [2.45, 2.75) is 36.8 Å². The molecule has 2 N–H and O–H groups in total. The Hall–Kier alpha value is -3.39. The zero-order valence-corrected chi connectivity index (χ0v) is 18.4. The molecule has 8 nitrogen and oxygen atoms in total. The summed E-state index contributed by atoms with van der Waals surface area (Å²) >= 11 is 0. The number of rotatable bonds is 5. The molecule has 2 aromatic rings. The number of ether oxygens (including phenoxy) is 2. The summed E-state index contributed by atoms with van der Waals surface area (Å²) < 4.78 is 11.0. The molecule has 1 aliphatic heterocycles. The maximum absolute atomic E-state index is 13.1. The predicted molar refractivity (Wildman–Crippen MR) is 119 cm³/mol. The fraction of sp³-hybridized carbons (Fsp3) is 0.400. The highest BCUT2D eigenvalue weighted by Gasteiger charge is 2.55. The number of carboxylic acids is 1. The minimum Gasteiger partial charge on any atom is -0.479 e. The third kappa shape index (κ3) is 3.74. The van der Waals surface area contributed by atoms with Crippen molar-refractivity contribution in [1.29, 1.82) is 0 Å². The Morgan fingerprint density at radius 1 is 1.09 bits per heavy atom. The fourth-order valence-corrected chi connectivity index (χ4v) is 4.82. The van der Waals surface area contributed by atoms with E-state index in [1.807, 2.05) is 36.4 Å². The first-order valence-corrected chi connectivity index (χ1v) is 11.1. The van der Waals surface area contributed by atoms with Crippen LogP contribution >= 0.6 is 0 Å². The molecule has 1 heterocycles. The first kappa shape index (κ1) is 21.5. The summed E-state index contributed by atoms with van der Waals surface area (Å²) in [7, 11) is 0. The highest BCUT2D eigenvalue weighted by Crippen LogP contribution is 2.44. The molecule has 1 atom stereocenters. The topological polar surface area (TPSA) is 105 Å². The van der Waals surface area contributed by atoms with Crippen molar-refractivity contribution < 1.29 is 29.0 Å². The Morgan fingerprint density at radius 3 is 2.27 bits per heavy atom. The van der Waals surface area contributed by atoms with Crippen LogP contribution in [0.1, 0.15) is 36.8 Å². The Morgan fingerprint density at radius 2 is 1.70 bits per heavy atom. The van der Waals surface area contributed by atoms with Crippen molar-refractivity contribution in [2.24, 2.45) is 0 Å². The maximum Gasteiger partial charge on any atom is 0.408 e. The summed E-state index contributed by atoms with van der Waals surface area (Å²) in [6.07, 6.45) is 0.353. The second kappa shape index (κ2) is 7.88. The number of amides is 2. The molecule has 2 aliphatic carbocycles. The number of alkyl carbamates (subject to hydrolysis) is 1. The summed E-state index contributed by atoms with van der Waals surface area (Å²) in [5, 5.41) is 12.2. The van der Waals surface area contributed by atoms with E-state index >= 15 is 0 Å². The van der Waals surface area contributed by atoms with Crippen LogP contribution in [-0.4, -0.2) is 65.4 Å². The second-order valence-corrected chi connectivity index (χ2v) is 9.14. The van der Waals surface area contributed by atoms with Crippen LogP contribution in [0, 0.1) is 0 Å². The molecule has 3 aliphatic rings. The van der Waals surface area contributed by atoms with E-state index in [0.29, 0.717) is 12.8 Å². The Bertz CT molecular complexity index is 1080. The highest BCUT2D eigenvalue weighted by atomic mass is 16.5. The smallest absolute Gasteiger partial charge is 0.408 e. The van der Waals surface area contributed by atoms with Crippen LogP contribution in [0.2, 0.25) is 0 Å². The maximum atomic E-state index is 13.1. The molecule has 5 rings (SSSR count). The minimum atomic E-state index is -1.45. The van der Waals surface area contributed by atoms with Gasteiger partial charge in [-0.05, 0) is 42.0 Å². The van der Waals surface area contributed by atoms with Crippen molar-refractivity contribution in [3.8, 4) is 11.1 Å². The average Bonchev–Trinajstić information content (AvgIpc) is 3.52. The largest absolute Gasteiger partial charge is 0.479 e. The van der Waals surface area contributed by atoms with Gasteiger partial charge in [0.25, 0.3) is 0 Å². The first-order chi connectivity index (χ1) is 15.8. The molecule has 2 amide bonds. The van der Waals surface area contributed by atoms with Gasteiger partial charge in [0.1, 0.15) is 12.1 Å². The van der Waals surface area contributed by atoms with Gasteiger partial charge in [0.05, 0.1) is 13.2 Å². The fourth-order valence-electron chi connectivity index (χ4n) is 4.82. The number of carbonyl (C=O) groups is 3. The number of benzene rings is 2. The van der Waals surface area contributed by atoms with E-state index in [-0.39, 0.29) is 38.1 Å². The van der Waals surface area contributed by atoms with Gasteiger partial charge in [-0.25, -0.2) is 9.59 Å². The van der Waals surface area contributed by atoms with Crippen molar-refractivity contribution in [3.05, 3.63) is 59.7 Å². The molecule has 1 saturated heterocycles. The lowest BCUT2D eigenvalue weighted by atomic mass is 9.98. The van der Waals surface area contributed by atoms with Crippen molar-refractivity contribution in [1.82, 2.24) is 10.2 Å². The van der Waals surface area contributed by atoms with Crippen LogP contribution in [-0.2, 0) is 19.1 Å². The van der Waals surface area contributed by atoms with Gasteiger partial charge in [0.2, 0.25) is 5.91 Å².